The molecule has 0 aromatic heterocycles. The second-order valence-corrected chi connectivity index (χ2v) is 8.95. The predicted octanol–water partition coefficient (Wildman–Crippen LogP) is 2.52. The van der Waals surface area contributed by atoms with Crippen LogP contribution in [0.4, 0.5) is 4.39 Å². The molecule has 2 heterocycles. The summed E-state index contributed by atoms with van der Waals surface area (Å²) in [6.07, 6.45) is 2.74. The summed E-state index contributed by atoms with van der Waals surface area (Å²) in [5, 5.41) is 9.94. The molecule has 2 amide bonds. The van der Waals surface area contributed by atoms with Crippen LogP contribution in [-0.2, 0) is 9.59 Å². The van der Waals surface area contributed by atoms with Crippen LogP contribution in [0, 0.1) is 23.6 Å². The van der Waals surface area contributed by atoms with E-state index in [4.69, 9.17) is 0 Å². The van der Waals surface area contributed by atoms with E-state index in [2.05, 4.69) is 11.8 Å². The maximum Gasteiger partial charge on any atom is 0.242 e. The summed E-state index contributed by atoms with van der Waals surface area (Å²) in [5.74, 6) is 6.13. The van der Waals surface area contributed by atoms with Crippen LogP contribution in [0.3, 0.4) is 0 Å². The number of carbonyl (C=O) groups is 2. The number of rotatable bonds is 4. The first-order chi connectivity index (χ1) is 15.5. The third kappa shape index (κ3) is 4.01. The van der Waals surface area contributed by atoms with Gasteiger partial charge in [0, 0.05) is 30.0 Å². The Hall–Kier alpha value is -3.17. The fraction of sp³-hybridized carbons (Fsp3) is 0.385. The monoisotopic (exact) mass is 432 g/mol. The Kier molecular flexibility index (Phi) is 5.44. The van der Waals surface area contributed by atoms with Gasteiger partial charge in [-0.2, -0.15) is 0 Å². The lowest BCUT2D eigenvalue weighted by atomic mass is 9.73. The number of amides is 2. The predicted molar refractivity (Wildman–Crippen MR) is 117 cm³/mol. The van der Waals surface area contributed by atoms with E-state index < -0.39 is 0 Å². The van der Waals surface area contributed by atoms with Crippen molar-refractivity contribution in [1.29, 1.82) is 0 Å². The number of aliphatic hydroxyl groups is 1. The van der Waals surface area contributed by atoms with Crippen LogP contribution in [0.2, 0.25) is 0 Å². The summed E-state index contributed by atoms with van der Waals surface area (Å²) >= 11 is 0. The SMILES string of the molecule is O=C(CC1CC1)N1CC(=O)N2[C@H](CO)[C@H](c3ccc(C#Cc4cccc(F)c4)cc3)[C@H]2C1. The van der Waals surface area contributed by atoms with E-state index >= 15 is 0 Å². The second-order valence-electron chi connectivity index (χ2n) is 8.95. The molecule has 5 rings (SSSR count). The molecular weight excluding hydrogens is 407 g/mol. The van der Waals surface area contributed by atoms with Gasteiger partial charge >= 0.3 is 0 Å². The van der Waals surface area contributed by atoms with Crippen LogP contribution in [-0.4, -0.2) is 58.5 Å². The van der Waals surface area contributed by atoms with E-state index in [0.717, 1.165) is 24.0 Å². The third-order valence-corrected chi connectivity index (χ3v) is 6.74. The second kappa shape index (κ2) is 8.40. The standard InChI is InChI=1S/C26H25FN2O3/c27-21-3-1-2-18(12-21)5-4-17-8-10-20(11-9-17)26-22-14-28(24(31)13-19-6-7-19)15-25(32)29(22)23(26)16-30/h1-3,8-12,19,22-23,26,30H,6-7,13-16H2/t22-,23-,26-/m1/s1. The Morgan fingerprint density at radius 3 is 2.53 bits per heavy atom. The molecule has 1 saturated carbocycles. The Bertz CT molecular complexity index is 1100. The van der Waals surface area contributed by atoms with Crippen LogP contribution < -0.4 is 0 Å². The topological polar surface area (TPSA) is 60.9 Å². The first-order valence-corrected chi connectivity index (χ1v) is 11.1. The minimum atomic E-state index is -0.316. The lowest BCUT2D eigenvalue weighted by Gasteiger charge is -2.58. The van der Waals surface area contributed by atoms with Gasteiger partial charge in [-0.1, -0.05) is 30.0 Å². The molecule has 3 aliphatic rings. The van der Waals surface area contributed by atoms with Crippen molar-refractivity contribution >= 4 is 11.8 Å². The summed E-state index contributed by atoms with van der Waals surface area (Å²) < 4.78 is 13.3. The highest BCUT2D eigenvalue weighted by Gasteiger charge is 2.54. The van der Waals surface area contributed by atoms with Crippen LogP contribution >= 0.6 is 0 Å². The van der Waals surface area contributed by atoms with Crippen molar-refractivity contribution < 1.29 is 19.1 Å². The zero-order chi connectivity index (χ0) is 22.2. The van der Waals surface area contributed by atoms with Gasteiger partial charge in [0.05, 0.1) is 25.2 Å². The molecule has 0 radical (unpaired) electrons. The normalized spacial score (nSPS) is 24.3. The lowest BCUT2D eigenvalue weighted by molar-refractivity contribution is -0.167. The summed E-state index contributed by atoms with van der Waals surface area (Å²) in [6, 6.07) is 13.5. The van der Waals surface area contributed by atoms with Crippen molar-refractivity contribution in [2.24, 2.45) is 5.92 Å². The van der Waals surface area contributed by atoms with Gasteiger partial charge < -0.3 is 14.9 Å². The summed E-state index contributed by atoms with van der Waals surface area (Å²) in [7, 11) is 0. The number of aliphatic hydroxyl groups excluding tert-OH is 1. The molecule has 0 bridgehead atoms. The number of halogens is 1. The quantitative estimate of drug-likeness (QED) is 0.756. The Morgan fingerprint density at radius 2 is 1.84 bits per heavy atom. The zero-order valence-corrected chi connectivity index (χ0v) is 17.7. The fourth-order valence-corrected chi connectivity index (χ4v) is 4.89. The van der Waals surface area contributed by atoms with Crippen molar-refractivity contribution in [1.82, 2.24) is 9.80 Å². The smallest absolute Gasteiger partial charge is 0.242 e. The average molecular weight is 432 g/mol. The van der Waals surface area contributed by atoms with E-state index in [1.54, 1.807) is 21.9 Å². The number of carbonyl (C=O) groups excluding carboxylic acids is 2. The fourth-order valence-electron chi connectivity index (χ4n) is 4.89. The number of benzene rings is 2. The van der Waals surface area contributed by atoms with Crippen LogP contribution in [0.1, 0.15) is 41.9 Å². The molecule has 1 aliphatic carbocycles. The zero-order valence-electron chi connectivity index (χ0n) is 17.7. The highest BCUT2D eigenvalue weighted by atomic mass is 19.1. The number of hydrogen-bond donors (Lipinski definition) is 1. The largest absolute Gasteiger partial charge is 0.394 e. The first kappa shape index (κ1) is 20.7. The molecule has 32 heavy (non-hydrogen) atoms. The van der Waals surface area contributed by atoms with Crippen molar-refractivity contribution in [3.05, 3.63) is 71.0 Å². The van der Waals surface area contributed by atoms with Gasteiger partial charge in [-0.15, -0.1) is 0 Å². The first-order valence-electron chi connectivity index (χ1n) is 11.1. The van der Waals surface area contributed by atoms with Gasteiger partial charge in [0.15, 0.2) is 0 Å². The molecule has 3 atom stereocenters. The van der Waals surface area contributed by atoms with Crippen molar-refractivity contribution in [3.63, 3.8) is 0 Å². The van der Waals surface area contributed by atoms with E-state index in [-0.39, 0.29) is 48.8 Å². The highest BCUT2D eigenvalue weighted by Crippen LogP contribution is 2.43. The maximum atomic E-state index is 13.3. The molecule has 2 aliphatic heterocycles. The van der Waals surface area contributed by atoms with Gasteiger partial charge in [-0.25, -0.2) is 4.39 Å². The molecule has 2 saturated heterocycles. The van der Waals surface area contributed by atoms with Crippen LogP contribution in [0.25, 0.3) is 0 Å². The number of fused-ring (bicyclic) bond motifs is 1. The summed E-state index contributed by atoms with van der Waals surface area (Å²) in [5.41, 5.74) is 2.43. The minimum absolute atomic E-state index is 0.0225. The molecule has 2 aromatic carbocycles. The van der Waals surface area contributed by atoms with E-state index in [0.29, 0.717) is 24.4 Å². The molecule has 164 valence electrons. The van der Waals surface area contributed by atoms with Gasteiger partial charge in [0.2, 0.25) is 11.8 Å². The summed E-state index contributed by atoms with van der Waals surface area (Å²) in [4.78, 5) is 28.7. The highest BCUT2D eigenvalue weighted by molar-refractivity contribution is 5.88. The Labute approximate surface area is 186 Å². The van der Waals surface area contributed by atoms with Crippen LogP contribution in [0.15, 0.2) is 48.5 Å². The molecule has 5 nitrogen and oxygen atoms in total. The van der Waals surface area contributed by atoms with Crippen molar-refractivity contribution in [2.75, 3.05) is 19.7 Å². The molecule has 1 N–H and O–H groups in total. The number of piperazine rings is 1. The van der Waals surface area contributed by atoms with E-state index in [1.807, 2.05) is 24.3 Å². The molecule has 0 unspecified atom stereocenters. The Morgan fingerprint density at radius 1 is 1.09 bits per heavy atom. The average Bonchev–Trinajstić information content (AvgIpc) is 3.58. The van der Waals surface area contributed by atoms with E-state index in [1.165, 1.54) is 12.1 Å². The summed E-state index contributed by atoms with van der Waals surface area (Å²) in [6.45, 7) is 0.517. The molecular formula is C26H25FN2O3. The molecule has 0 spiro atoms. The minimum Gasteiger partial charge on any atom is -0.394 e. The number of nitrogens with zero attached hydrogens (tertiary/aromatic N) is 2. The van der Waals surface area contributed by atoms with E-state index in [9.17, 15) is 19.1 Å². The molecule has 3 fully saturated rings. The third-order valence-electron chi connectivity index (χ3n) is 6.74. The van der Waals surface area contributed by atoms with Crippen LogP contribution in [0.5, 0.6) is 0 Å². The number of hydrogen-bond acceptors (Lipinski definition) is 3. The van der Waals surface area contributed by atoms with Crippen molar-refractivity contribution in [2.45, 2.75) is 37.3 Å². The van der Waals surface area contributed by atoms with Crippen molar-refractivity contribution in [3.8, 4) is 11.8 Å². The maximum absolute atomic E-state index is 13.3. The molecule has 6 heteroatoms. The van der Waals surface area contributed by atoms with Gasteiger partial charge in [0.1, 0.15) is 5.82 Å². The van der Waals surface area contributed by atoms with Gasteiger partial charge in [0.25, 0.3) is 0 Å². The van der Waals surface area contributed by atoms with Gasteiger partial charge in [-0.05, 0) is 54.7 Å². The Balaban J connectivity index is 1.32. The lowest BCUT2D eigenvalue weighted by Crippen LogP contribution is -2.73. The van der Waals surface area contributed by atoms with Gasteiger partial charge in [-0.3, -0.25) is 9.59 Å². The molecule has 2 aromatic rings.